The summed E-state index contributed by atoms with van der Waals surface area (Å²) in [5.74, 6) is -0.573. The monoisotopic (exact) mass is 467 g/mol. The highest BCUT2D eigenvalue weighted by molar-refractivity contribution is 6.44. The molecule has 156 valence electrons. The molecule has 1 amide bonds. The van der Waals surface area contributed by atoms with Gasteiger partial charge < -0.3 is 9.30 Å². The first-order chi connectivity index (χ1) is 14.3. The number of ether oxygens (including phenoxy) is 1. The fourth-order valence-corrected chi connectivity index (χ4v) is 3.53. The first-order valence-electron chi connectivity index (χ1n) is 8.80. The summed E-state index contributed by atoms with van der Waals surface area (Å²) >= 11 is 17.9. The number of nitrogens with one attached hydrogen (secondary N) is 1. The molecule has 0 bridgehead atoms. The molecule has 0 aliphatic heterocycles. The first-order valence-corrected chi connectivity index (χ1v) is 9.94. The van der Waals surface area contributed by atoms with Crippen LogP contribution in [0.25, 0.3) is 5.69 Å². The Bertz CT molecular complexity index is 1110. The Hall–Kier alpha value is -2.54. The van der Waals surface area contributed by atoms with Gasteiger partial charge in [-0.15, -0.1) is 0 Å². The SMILES string of the molecule is Cc1cc(/C=N\NC(=O)COc2cc(Cl)cc(Cl)c2Cl)c(C)n1-c1ccc(F)cc1. The third kappa shape index (κ3) is 5.14. The Morgan fingerprint density at radius 2 is 1.87 bits per heavy atom. The molecule has 1 N–H and O–H groups in total. The van der Waals surface area contributed by atoms with E-state index in [9.17, 15) is 9.18 Å². The van der Waals surface area contributed by atoms with Crippen molar-refractivity contribution in [1.29, 1.82) is 0 Å². The molecule has 2 aromatic carbocycles. The number of aryl methyl sites for hydroxylation is 1. The molecular formula is C21H17Cl3FN3O2. The van der Waals surface area contributed by atoms with Gasteiger partial charge in [0.15, 0.2) is 6.61 Å². The van der Waals surface area contributed by atoms with E-state index in [1.807, 2.05) is 24.5 Å². The number of halogens is 4. The van der Waals surface area contributed by atoms with Crippen LogP contribution in [0, 0.1) is 19.7 Å². The minimum absolute atomic E-state index is 0.172. The molecule has 30 heavy (non-hydrogen) atoms. The second-order valence-corrected chi connectivity index (χ2v) is 7.64. The van der Waals surface area contributed by atoms with Crippen molar-refractivity contribution in [3.8, 4) is 11.4 Å². The average molecular weight is 469 g/mol. The molecule has 0 spiro atoms. The number of aromatic nitrogens is 1. The number of benzene rings is 2. The molecule has 0 aliphatic rings. The van der Waals surface area contributed by atoms with Crippen molar-refractivity contribution in [3.05, 3.63) is 80.3 Å². The van der Waals surface area contributed by atoms with E-state index in [2.05, 4.69) is 10.5 Å². The number of rotatable bonds is 6. The molecule has 0 unspecified atom stereocenters. The van der Waals surface area contributed by atoms with Crippen LogP contribution in [0.4, 0.5) is 4.39 Å². The molecular weight excluding hydrogens is 452 g/mol. The standard InChI is InChI=1S/C21H17Cl3FN3O2/c1-12-7-14(13(2)28(12)17-5-3-16(25)4-6-17)10-26-27-20(29)11-30-19-9-15(22)8-18(23)21(19)24/h3-10H,11H2,1-2H3,(H,27,29)/b26-10-. The van der Waals surface area contributed by atoms with E-state index in [0.29, 0.717) is 5.02 Å². The number of nitrogens with zero attached hydrogens (tertiary/aromatic N) is 2. The van der Waals surface area contributed by atoms with Crippen LogP contribution >= 0.6 is 34.8 Å². The van der Waals surface area contributed by atoms with Crippen LogP contribution in [0.15, 0.2) is 47.6 Å². The van der Waals surface area contributed by atoms with Gasteiger partial charge in [0.1, 0.15) is 16.6 Å². The lowest BCUT2D eigenvalue weighted by atomic mass is 10.2. The number of carbonyl (C=O) groups excluding carboxylic acids is 1. The van der Waals surface area contributed by atoms with Crippen molar-refractivity contribution < 1.29 is 13.9 Å². The van der Waals surface area contributed by atoms with Crippen molar-refractivity contribution in [2.75, 3.05) is 6.61 Å². The highest BCUT2D eigenvalue weighted by Gasteiger charge is 2.11. The highest BCUT2D eigenvalue weighted by Crippen LogP contribution is 2.35. The fourth-order valence-electron chi connectivity index (χ4n) is 2.89. The fraction of sp³-hybridized carbons (Fsp3) is 0.143. The normalized spacial score (nSPS) is 11.1. The zero-order chi connectivity index (χ0) is 21.8. The van der Waals surface area contributed by atoms with Gasteiger partial charge in [0.05, 0.1) is 11.2 Å². The van der Waals surface area contributed by atoms with E-state index in [-0.39, 0.29) is 28.2 Å². The number of hydrazone groups is 1. The van der Waals surface area contributed by atoms with Gasteiger partial charge in [0.2, 0.25) is 0 Å². The van der Waals surface area contributed by atoms with E-state index in [1.165, 1.54) is 30.5 Å². The largest absolute Gasteiger partial charge is 0.482 e. The third-order valence-corrected chi connectivity index (χ3v) is 5.27. The Morgan fingerprint density at radius 3 is 2.57 bits per heavy atom. The summed E-state index contributed by atoms with van der Waals surface area (Å²) in [5.41, 5.74) is 5.88. The van der Waals surface area contributed by atoms with Crippen molar-refractivity contribution in [3.63, 3.8) is 0 Å². The number of hydrogen-bond donors (Lipinski definition) is 1. The van der Waals surface area contributed by atoms with Crippen LogP contribution in [0.3, 0.4) is 0 Å². The van der Waals surface area contributed by atoms with E-state index in [4.69, 9.17) is 39.5 Å². The Balaban J connectivity index is 1.64. The molecule has 9 heteroatoms. The van der Waals surface area contributed by atoms with E-state index in [1.54, 1.807) is 12.1 Å². The van der Waals surface area contributed by atoms with Gasteiger partial charge in [-0.2, -0.15) is 5.10 Å². The zero-order valence-corrected chi connectivity index (χ0v) is 18.3. The summed E-state index contributed by atoms with van der Waals surface area (Å²) in [4.78, 5) is 12.0. The van der Waals surface area contributed by atoms with Gasteiger partial charge in [-0.1, -0.05) is 34.8 Å². The van der Waals surface area contributed by atoms with Gasteiger partial charge in [-0.05, 0) is 50.2 Å². The quantitative estimate of drug-likeness (QED) is 0.286. The van der Waals surface area contributed by atoms with Gasteiger partial charge in [-0.25, -0.2) is 9.82 Å². The van der Waals surface area contributed by atoms with Crippen LogP contribution < -0.4 is 10.2 Å². The van der Waals surface area contributed by atoms with E-state index < -0.39 is 5.91 Å². The number of carbonyl (C=O) groups is 1. The predicted octanol–water partition coefficient (Wildman–Crippen LogP) is 5.72. The Labute approximate surface area is 188 Å². The summed E-state index contributed by atoms with van der Waals surface area (Å²) in [5, 5.41) is 4.72. The molecule has 0 atom stereocenters. The van der Waals surface area contributed by atoms with E-state index >= 15 is 0 Å². The van der Waals surface area contributed by atoms with Crippen LogP contribution in [0.1, 0.15) is 17.0 Å². The van der Waals surface area contributed by atoms with Crippen LogP contribution in [0.2, 0.25) is 15.1 Å². The molecule has 5 nitrogen and oxygen atoms in total. The average Bonchev–Trinajstić information content (AvgIpc) is 2.97. The molecule has 0 radical (unpaired) electrons. The first kappa shape index (κ1) is 22.2. The van der Waals surface area contributed by atoms with Crippen LogP contribution in [0.5, 0.6) is 5.75 Å². The number of amides is 1. The molecule has 0 fully saturated rings. The maximum absolute atomic E-state index is 13.2. The summed E-state index contributed by atoms with van der Waals surface area (Å²) < 4.78 is 20.5. The maximum atomic E-state index is 13.2. The minimum Gasteiger partial charge on any atom is -0.482 e. The van der Waals surface area contributed by atoms with Gasteiger partial charge in [0, 0.05) is 33.7 Å². The van der Waals surface area contributed by atoms with Gasteiger partial charge >= 0.3 is 0 Å². The summed E-state index contributed by atoms with van der Waals surface area (Å²) in [7, 11) is 0. The zero-order valence-electron chi connectivity index (χ0n) is 16.0. The molecule has 1 aromatic heterocycles. The lowest BCUT2D eigenvalue weighted by molar-refractivity contribution is -0.123. The smallest absolute Gasteiger partial charge is 0.277 e. The van der Waals surface area contributed by atoms with Crippen molar-refractivity contribution >= 4 is 46.9 Å². The lowest BCUT2D eigenvalue weighted by Gasteiger charge is -2.09. The third-order valence-electron chi connectivity index (χ3n) is 4.27. The molecule has 0 saturated carbocycles. The maximum Gasteiger partial charge on any atom is 0.277 e. The number of hydrogen-bond acceptors (Lipinski definition) is 3. The van der Waals surface area contributed by atoms with E-state index in [0.717, 1.165) is 22.6 Å². The highest BCUT2D eigenvalue weighted by atomic mass is 35.5. The van der Waals surface area contributed by atoms with Crippen LogP contribution in [-0.4, -0.2) is 23.3 Å². The lowest BCUT2D eigenvalue weighted by Crippen LogP contribution is -2.24. The molecule has 3 rings (SSSR count). The summed E-state index contributed by atoms with van der Waals surface area (Å²) in [6.07, 6.45) is 1.53. The summed E-state index contributed by atoms with van der Waals surface area (Å²) in [6.45, 7) is 3.52. The molecule has 3 aromatic rings. The molecule has 0 aliphatic carbocycles. The van der Waals surface area contributed by atoms with Gasteiger partial charge in [0.25, 0.3) is 5.91 Å². The summed E-state index contributed by atoms with van der Waals surface area (Å²) in [6, 6.07) is 11.1. The topological polar surface area (TPSA) is 55.6 Å². The van der Waals surface area contributed by atoms with Crippen molar-refractivity contribution in [2.24, 2.45) is 5.10 Å². The van der Waals surface area contributed by atoms with Crippen molar-refractivity contribution in [2.45, 2.75) is 13.8 Å². The second kappa shape index (κ2) is 9.51. The Kier molecular flexibility index (Phi) is 7.02. The predicted molar refractivity (Wildman–Crippen MR) is 118 cm³/mol. The minimum atomic E-state index is -0.481. The molecule has 1 heterocycles. The van der Waals surface area contributed by atoms with Crippen LogP contribution in [-0.2, 0) is 4.79 Å². The molecule has 0 saturated heterocycles. The van der Waals surface area contributed by atoms with Gasteiger partial charge in [-0.3, -0.25) is 4.79 Å². The Morgan fingerprint density at radius 1 is 1.17 bits per heavy atom. The van der Waals surface area contributed by atoms with Crippen molar-refractivity contribution in [1.82, 2.24) is 9.99 Å². The second-order valence-electron chi connectivity index (χ2n) is 6.42.